The second-order valence-corrected chi connectivity index (χ2v) is 7.60. The molecule has 0 unspecified atom stereocenters. The van der Waals surface area contributed by atoms with E-state index in [1.54, 1.807) is 19.1 Å². The van der Waals surface area contributed by atoms with Gasteiger partial charge in [-0.05, 0) is 43.2 Å². The van der Waals surface area contributed by atoms with Crippen LogP contribution in [0.3, 0.4) is 0 Å². The van der Waals surface area contributed by atoms with Gasteiger partial charge in [0, 0.05) is 12.5 Å². The molecule has 2 aromatic carbocycles. The van der Waals surface area contributed by atoms with Crippen molar-refractivity contribution in [2.24, 2.45) is 5.10 Å². The number of methoxy groups -OCH3 is 2. The number of nitrogens with one attached hydrogen (secondary N) is 1. The molecular formula is C19H22N2O6S. The first-order chi connectivity index (χ1) is 13.2. The molecule has 8 nitrogen and oxygen atoms in total. The van der Waals surface area contributed by atoms with Crippen LogP contribution in [0.5, 0.6) is 17.2 Å². The monoisotopic (exact) mass is 406 g/mol. The minimum Gasteiger partial charge on any atom is -0.493 e. The Labute approximate surface area is 164 Å². The molecule has 9 heteroatoms. The first kappa shape index (κ1) is 21.2. The second-order valence-electron chi connectivity index (χ2n) is 5.97. The number of nitrogens with zero attached hydrogens (tertiary/aromatic N) is 1. The molecule has 2 rings (SSSR count). The van der Waals surface area contributed by atoms with Crippen molar-refractivity contribution in [2.75, 3.05) is 14.2 Å². The summed E-state index contributed by atoms with van der Waals surface area (Å²) in [4.78, 5) is 13.6. The molecule has 0 atom stereocenters. The molecule has 0 bridgehead atoms. The number of carbonyl (C=O) groups is 1. The fraction of sp³-hybridized carbons (Fsp3) is 0.263. The summed E-state index contributed by atoms with van der Waals surface area (Å²) in [5, 5.41) is 3.82. The number of hydrazone groups is 1. The lowest BCUT2D eigenvalue weighted by molar-refractivity contribution is -0.132. The van der Waals surface area contributed by atoms with Gasteiger partial charge in [0.25, 0.3) is 10.0 Å². The molecule has 1 N–H and O–H groups in total. The van der Waals surface area contributed by atoms with E-state index in [-0.39, 0.29) is 22.1 Å². The van der Waals surface area contributed by atoms with Gasteiger partial charge in [-0.25, -0.2) is 4.83 Å². The van der Waals surface area contributed by atoms with Crippen LogP contribution < -0.4 is 19.0 Å². The van der Waals surface area contributed by atoms with Gasteiger partial charge in [0.05, 0.1) is 25.3 Å². The van der Waals surface area contributed by atoms with E-state index < -0.39 is 16.0 Å². The van der Waals surface area contributed by atoms with Crippen molar-refractivity contribution in [2.45, 2.75) is 25.7 Å². The molecule has 0 fully saturated rings. The maximum Gasteiger partial charge on any atom is 0.308 e. The standard InChI is InChI=1S/C19H22N2O6S/c1-12-6-7-13(2)18(8-12)28(23,24)21-20-11-15-9-16(25-4)19(27-14(3)22)17(10-15)26-5/h6-11,21H,1-5H3/b20-11-. The molecule has 2 aromatic rings. The Hall–Kier alpha value is -3.07. The average molecular weight is 406 g/mol. The van der Waals surface area contributed by atoms with Gasteiger partial charge in [-0.15, -0.1) is 0 Å². The van der Waals surface area contributed by atoms with Gasteiger partial charge in [0.1, 0.15) is 0 Å². The van der Waals surface area contributed by atoms with Gasteiger partial charge < -0.3 is 14.2 Å². The van der Waals surface area contributed by atoms with Gasteiger partial charge in [-0.2, -0.15) is 13.5 Å². The summed E-state index contributed by atoms with van der Waals surface area (Å²) in [6.45, 7) is 4.78. The normalized spacial score (nSPS) is 11.3. The first-order valence-electron chi connectivity index (χ1n) is 8.24. The predicted molar refractivity (Wildman–Crippen MR) is 105 cm³/mol. The van der Waals surface area contributed by atoms with Crippen molar-refractivity contribution in [1.82, 2.24) is 4.83 Å². The van der Waals surface area contributed by atoms with E-state index in [1.165, 1.54) is 39.5 Å². The van der Waals surface area contributed by atoms with Crippen LogP contribution in [-0.2, 0) is 14.8 Å². The van der Waals surface area contributed by atoms with E-state index in [1.807, 2.05) is 13.0 Å². The van der Waals surface area contributed by atoms with Crippen LogP contribution in [-0.4, -0.2) is 34.8 Å². The van der Waals surface area contributed by atoms with Crippen molar-refractivity contribution >= 4 is 22.2 Å². The molecule has 0 aliphatic heterocycles. The van der Waals surface area contributed by atoms with Crippen molar-refractivity contribution in [3.05, 3.63) is 47.0 Å². The van der Waals surface area contributed by atoms with Crippen LogP contribution in [0.15, 0.2) is 40.3 Å². The number of hydrogen-bond donors (Lipinski definition) is 1. The zero-order chi connectivity index (χ0) is 20.9. The quantitative estimate of drug-likeness (QED) is 0.328. The Morgan fingerprint density at radius 3 is 2.21 bits per heavy atom. The Morgan fingerprint density at radius 1 is 1.07 bits per heavy atom. The molecule has 0 aliphatic rings. The number of carbonyl (C=O) groups excluding carboxylic acids is 1. The third kappa shape index (κ3) is 5.01. The zero-order valence-corrected chi connectivity index (χ0v) is 17.1. The maximum atomic E-state index is 12.5. The lowest BCUT2D eigenvalue weighted by Gasteiger charge is -2.13. The summed E-state index contributed by atoms with van der Waals surface area (Å²) in [6, 6.07) is 8.22. The van der Waals surface area contributed by atoms with Crippen LogP contribution >= 0.6 is 0 Å². The summed E-state index contributed by atoms with van der Waals surface area (Å²) in [6.07, 6.45) is 1.30. The number of rotatable bonds is 7. The highest BCUT2D eigenvalue weighted by molar-refractivity contribution is 7.89. The number of esters is 1. The molecule has 0 aliphatic carbocycles. The summed E-state index contributed by atoms with van der Waals surface area (Å²) in [7, 11) is -1.00. The number of aryl methyl sites for hydroxylation is 2. The molecule has 0 aromatic heterocycles. The van der Waals surface area contributed by atoms with Gasteiger partial charge in [0.15, 0.2) is 11.5 Å². The van der Waals surface area contributed by atoms with E-state index >= 15 is 0 Å². The fourth-order valence-electron chi connectivity index (χ4n) is 2.44. The van der Waals surface area contributed by atoms with E-state index in [4.69, 9.17) is 14.2 Å². The molecule has 0 saturated carbocycles. The largest absolute Gasteiger partial charge is 0.493 e. The van der Waals surface area contributed by atoms with Crippen molar-refractivity contribution < 1.29 is 27.4 Å². The van der Waals surface area contributed by atoms with Crippen LogP contribution in [0, 0.1) is 13.8 Å². The summed E-state index contributed by atoms with van der Waals surface area (Å²) in [5.74, 6) is 0.0895. The minimum absolute atomic E-state index is 0.130. The molecule has 0 heterocycles. The molecule has 0 saturated heterocycles. The van der Waals surface area contributed by atoms with E-state index in [0.717, 1.165) is 5.56 Å². The zero-order valence-electron chi connectivity index (χ0n) is 16.3. The van der Waals surface area contributed by atoms with Crippen LogP contribution in [0.25, 0.3) is 0 Å². The average Bonchev–Trinajstić information content (AvgIpc) is 2.63. The van der Waals surface area contributed by atoms with Gasteiger partial charge in [-0.3, -0.25) is 4.79 Å². The Morgan fingerprint density at radius 2 is 1.68 bits per heavy atom. The van der Waals surface area contributed by atoms with E-state index in [9.17, 15) is 13.2 Å². The number of benzene rings is 2. The third-order valence-corrected chi connectivity index (χ3v) is 5.11. The lowest BCUT2D eigenvalue weighted by Crippen LogP contribution is -2.19. The van der Waals surface area contributed by atoms with Gasteiger partial charge in [0.2, 0.25) is 5.75 Å². The second kappa shape index (κ2) is 8.75. The SMILES string of the molecule is COc1cc(/C=N\NS(=O)(=O)c2cc(C)ccc2C)cc(OC)c1OC(C)=O. The summed E-state index contributed by atoms with van der Waals surface area (Å²) >= 11 is 0. The van der Waals surface area contributed by atoms with Crippen molar-refractivity contribution in [1.29, 1.82) is 0 Å². The summed E-state index contributed by atoms with van der Waals surface area (Å²) in [5.41, 5.74) is 1.92. The van der Waals surface area contributed by atoms with E-state index in [0.29, 0.717) is 11.1 Å². The number of hydrogen-bond acceptors (Lipinski definition) is 7. The number of ether oxygens (including phenoxy) is 3. The van der Waals surface area contributed by atoms with Crippen LogP contribution in [0.1, 0.15) is 23.6 Å². The Kier molecular flexibility index (Phi) is 6.63. The van der Waals surface area contributed by atoms with Crippen LogP contribution in [0.2, 0.25) is 0 Å². The summed E-state index contributed by atoms with van der Waals surface area (Å²) < 4.78 is 40.5. The van der Waals surface area contributed by atoms with Crippen molar-refractivity contribution in [3.8, 4) is 17.2 Å². The molecule has 0 amide bonds. The highest BCUT2D eigenvalue weighted by Crippen LogP contribution is 2.38. The molecular weight excluding hydrogens is 384 g/mol. The fourth-order valence-corrected chi connectivity index (χ4v) is 3.56. The van der Waals surface area contributed by atoms with Crippen LogP contribution in [0.4, 0.5) is 0 Å². The molecule has 150 valence electrons. The molecule has 28 heavy (non-hydrogen) atoms. The smallest absolute Gasteiger partial charge is 0.308 e. The van der Waals surface area contributed by atoms with Gasteiger partial charge in [-0.1, -0.05) is 12.1 Å². The lowest BCUT2D eigenvalue weighted by atomic mass is 10.2. The predicted octanol–water partition coefficient (Wildman–Crippen LogP) is 2.56. The highest BCUT2D eigenvalue weighted by Gasteiger charge is 2.17. The Balaban J connectivity index is 2.31. The van der Waals surface area contributed by atoms with Crippen molar-refractivity contribution in [3.63, 3.8) is 0 Å². The molecule has 0 radical (unpaired) electrons. The first-order valence-corrected chi connectivity index (χ1v) is 9.73. The maximum absolute atomic E-state index is 12.5. The minimum atomic E-state index is -3.82. The highest BCUT2D eigenvalue weighted by atomic mass is 32.2. The molecule has 0 spiro atoms. The number of sulfonamides is 1. The van der Waals surface area contributed by atoms with E-state index in [2.05, 4.69) is 9.93 Å². The topological polar surface area (TPSA) is 103 Å². The van der Waals surface area contributed by atoms with Gasteiger partial charge >= 0.3 is 5.97 Å². The third-order valence-electron chi connectivity index (χ3n) is 3.75. The Bertz CT molecular complexity index is 990.